The van der Waals surface area contributed by atoms with Crippen LogP contribution in [0.15, 0.2) is 30.3 Å². The predicted molar refractivity (Wildman–Crippen MR) is 95.9 cm³/mol. The minimum absolute atomic E-state index is 0.0697. The molecule has 1 aliphatic rings. The Bertz CT molecular complexity index is 559. The lowest BCUT2D eigenvalue weighted by Crippen LogP contribution is -2.45. The lowest BCUT2D eigenvalue weighted by Gasteiger charge is -2.22. The van der Waals surface area contributed by atoms with Crippen molar-refractivity contribution >= 4 is 35.3 Å². The molecule has 130 valence electrons. The number of para-hydroxylation sites is 1. The van der Waals surface area contributed by atoms with E-state index < -0.39 is 6.03 Å². The Morgan fingerprint density at radius 2 is 1.62 bits per heavy atom. The number of hydrogen-bond donors (Lipinski definition) is 3. The van der Waals surface area contributed by atoms with E-state index in [1.165, 1.54) is 18.2 Å². The molecule has 3 N–H and O–H groups in total. The van der Waals surface area contributed by atoms with Gasteiger partial charge in [-0.1, -0.05) is 37.5 Å². The summed E-state index contributed by atoms with van der Waals surface area (Å²) in [4.78, 5) is 35.2. The number of carbonyl (C=O) groups excluding carboxylic acids is 3. The zero-order valence-electron chi connectivity index (χ0n) is 13.5. The van der Waals surface area contributed by atoms with Gasteiger partial charge in [0.05, 0.1) is 11.5 Å². The van der Waals surface area contributed by atoms with Gasteiger partial charge in [0.15, 0.2) is 0 Å². The summed E-state index contributed by atoms with van der Waals surface area (Å²) in [5.74, 6) is -0.334. The summed E-state index contributed by atoms with van der Waals surface area (Å²) in [5.41, 5.74) is 0.722. The maximum absolute atomic E-state index is 11.7. The Labute approximate surface area is 146 Å². The van der Waals surface area contributed by atoms with Crippen molar-refractivity contribution in [3.05, 3.63) is 30.3 Å². The maximum Gasteiger partial charge on any atom is 0.321 e. The van der Waals surface area contributed by atoms with Crippen molar-refractivity contribution in [3.8, 4) is 0 Å². The second-order valence-corrected chi connectivity index (χ2v) is 6.75. The summed E-state index contributed by atoms with van der Waals surface area (Å²) in [6.45, 7) is 0. The molecule has 0 spiro atoms. The van der Waals surface area contributed by atoms with Crippen LogP contribution in [0.25, 0.3) is 0 Å². The molecule has 0 atom stereocenters. The summed E-state index contributed by atoms with van der Waals surface area (Å²) in [5, 5.41) is 7.87. The van der Waals surface area contributed by atoms with Gasteiger partial charge in [-0.15, -0.1) is 11.8 Å². The molecule has 0 aliphatic heterocycles. The van der Waals surface area contributed by atoms with Gasteiger partial charge in [0.1, 0.15) is 0 Å². The number of urea groups is 1. The predicted octanol–water partition coefficient (Wildman–Crippen LogP) is 2.52. The third-order valence-corrected chi connectivity index (χ3v) is 4.65. The van der Waals surface area contributed by atoms with Crippen molar-refractivity contribution in [2.75, 3.05) is 16.8 Å². The van der Waals surface area contributed by atoms with Crippen molar-refractivity contribution in [1.82, 2.24) is 10.6 Å². The molecule has 0 saturated heterocycles. The molecule has 1 aromatic carbocycles. The first-order valence-corrected chi connectivity index (χ1v) is 9.32. The third-order valence-electron chi connectivity index (χ3n) is 3.72. The summed E-state index contributed by atoms with van der Waals surface area (Å²) in [6.07, 6.45) is 5.38. The highest BCUT2D eigenvalue weighted by Crippen LogP contribution is 2.17. The van der Waals surface area contributed by atoms with Gasteiger partial charge in [0, 0.05) is 11.7 Å². The molecule has 1 saturated carbocycles. The highest BCUT2D eigenvalue weighted by molar-refractivity contribution is 8.00. The van der Waals surface area contributed by atoms with Crippen LogP contribution in [0.2, 0.25) is 0 Å². The number of imide groups is 1. The fourth-order valence-electron chi connectivity index (χ4n) is 2.59. The van der Waals surface area contributed by atoms with E-state index in [2.05, 4.69) is 16.0 Å². The standard InChI is InChI=1S/C17H23N3O3S/c21-15(18-13-7-3-1-4-8-13)11-24-12-16(22)20-17(23)19-14-9-5-2-6-10-14/h1,3-4,7-8,14H,2,5-6,9-12H2,(H,18,21)(H2,19,20,22,23). The van der Waals surface area contributed by atoms with E-state index in [0.717, 1.165) is 31.4 Å². The van der Waals surface area contributed by atoms with Crippen LogP contribution in [-0.2, 0) is 9.59 Å². The summed E-state index contributed by atoms with van der Waals surface area (Å²) < 4.78 is 0. The minimum Gasteiger partial charge on any atom is -0.335 e. The zero-order chi connectivity index (χ0) is 17.2. The van der Waals surface area contributed by atoms with Gasteiger partial charge in [-0.3, -0.25) is 14.9 Å². The Hall–Kier alpha value is -2.02. The van der Waals surface area contributed by atoms with Crippen molar-refractivity contribution < 1.29 is 14.4 Å². The first-order chi connectivity index (χ1) is 11.6. The van der Waals surface area contributed by atoms with E-state index in [4.69, 9.17) is 0 Å². The van der Waals surface area contributed by atoms with Gasteiger partial charge in [0.2, 0.25) is 11.8 Å². The Balaban J connectivity index is 1.58. The number of nitrogens with one attached hydrogen (secondary N) is 3. The van der Waals surface area contributed by atoms with Crippen molar-refractivity contribution in [2.45, 2.75) is 38.1 Å². The lowest BCUT2D eigenvalue weighted by atomic mass is 9.96. The van der Waals surface area contributed by atoms with Gasteiger partial charge >= 0.3 is 6.03 Å². The fraction of sp³-hybridized carbons (Fsp3) is 0.471. The molecule has 0 heterocycles. The van der Waals surface area contributed by atoms with E-state index in [1.807, 2.05) is 18.2 Å². The smallest absolute Gasteiger partial charge is 0.321 e. The van der Waals surface area contributed by atoms with Crippen molar-refractivity contribution in [2.24, 2.45) is 0 Å². The number of anilines is 1. The largest absolute Gasteiger partial charge is 0.335 e. The maximum atomic E-state index is 11.7. The molecule has 0 aromatic heterocycles. The number of carbonyl (C=O) groups is 3. The van der Waals surface area contributed by atoms with E-state index in [-0.39, 0.29) is 29.4 Å². The Morgan fingerprint density at radius 3 is 2.33 bits per heavy atom. The van der Waals surface area contributed by atoms with Gasteiger partial charge < -0.3 is 10.6 Å². The molecule has 1 aromatic rings. The van der Waals surface area contributed by atoms with E-state index >= 15 is 0 Å². The number of hydrogen-bond acceptors (Lipinski definition) is 4. The second-order valence-electron chi connectivity index (χ2n) is 5.76. The average Bonchev–Trinajstić information content (AvgIpc) is 2.56. The molecule has 6 nitrogen and oxygen atoms in total. The molecule has 0 unspecified atom stereocenters. The first-order valence-electron chi connectivity index (χ1n) is 8.16. The van der Waals surface area contributed by atoms with Gasteiger partial charge in [0.25, 0.3) is 0 Å². The molecule has 1 aliphatic carbocycles. The second kappa shape index (κ2) is 9.97. The number of thioether (sulfide) groups is 1. The molecular weight excluding hydrogens is 326 g/mol. The minimum atomic E-state index is -0.443. The molecule has 7 heteroatoms. The highest BCUT2D eigenvalue weighted by atomic mass is 32.2. The SMILES string of the molecule is O=C(CSCC(=O)Nc1ccccc1)NC(=O)NC1CCCCC1. The number of benzene rings is 1. The van der Waals surface area contributed by atoms with Crippen LogP contribution in [-0.4, -0.2) is 35.4 Å². The molecule has 4 amide bonds. The molecule has 2 rings (SSSR count). The van der Waals surface area contributed by atoms with E-state index in [0.29, 0.717) is 0 Å². The summed E-state index contributed by atoms with van der Waals surface area (Å²) in [7, 11) is 0. The van der Waals surface area contributed by atoms with Gasteiger partial charge in [-0.2, -0.15) is 0 Å². The van der Waals surface area contributed by atoms with Crippen LogP contribution >= 0.6 is 11.8 Å². The third kappa shape index (κ3) is 7.04. The van der Waals surface area contributed by atoms with Crippen LogP contribution in [0.1, 0.15) is 32.1 Å². The number of amides is 4. The van der Waals surface area contributed by atoms with Gasteiger partial charge in [-0.05, 0) is 25.0 Å². The fourth-order valence-corrected chi connectivity index (χ4v) is 3.20. The van der Waals surface area contributed by atoms with Crippen LogP contribution in [0.3, 0.4) is 0 Å². The molecule has 0 radical (unpaired) electrons. The van der Waals surface area contributed by atoms with Crippen molar-refractivity contribution in [1.29, 1.82) is 0 Å². The average molecular weight is 349 g/mol. The number of rotatable bonds is 6. The van der Waals surface area contributed by atoms with Crippen molar-refractivity contribution in [3.63, 3.8) is 0 Å². The van der Waals surface area contributed by atoms with Gasteiger partial charge in [-0.25, -0.2) is 4.79 Å². The highest BCUT2D eigenvalue weighted by Gasteiger charge is 2.17. The Morgan fingerprint density at radius 1 is 0.958 bits per heavy atom. The molecule has 0 bridgehead atoms. The van der Waals surface area contributed by atoms with E-state index in [9.17, 15) is 14.4 Å². The van der Waals surface area contributed by atoms with Crippen LogP contribution in [0, 0.1) is 0 Å². The first kappa shape index (κ1) is 18.3. The lowest BCUT2D eigenvalue weighted by molar-refractivity contribution is -0.117. The molecule has 24 heavy (non-hydrogen) atoms. The van der Waals surface area contributed by atoms with Crippen LogP contribution in [0.5, 0.6) is 0 Å². The topological polar surface area (TPSA) is 87.3 Å². The molecule has 1 fully saturated rings. The normalized spacial score (nSPS) is 14.7. The quantitative estimate of drug-likeness (QED) is 0.736. The van der Waals surface area contributed by atoms with Crippen LogP contribution < -0.4 is 16.0 Å². The summed E-state index contributed by atoms with van der Waals surface area (Å²) in [6, 6.07) is 8.85. The monoisotopic (exact) mass is 349 g/mol. The summed E-state index contributed by atoms with van der Waals surface area (Å²) >= 11 is 1.17. The molecular formula is C17H23N3O3S. The van der Waals surface area contributed by atoms with E-state index in [1.54, 1.807) is 12.1 Å². The van der Waals surface area contributed by atoms with Crippen LogP contribution in [0.4, 0.5) is 10.5 Å². The zero-order valence-corrected chi connectivity index (χ0v) is 14.4. The Kier molecular flexibility index (Phi) is 7.61.